The highest BCUT2D eigenvalue weighted by atomic mass is 35.5. The monoisotopic (exact) mass is 421 g/mol. The van der Waals surface area contributed by atoms with Crippen LogP contribution in [0, 0.1) is 11.3 Å². The summed E-state index contributed by atoms with van der Waals surface area (Å²) in [7, 11) is 1.50. The third-order valence-corrected chi connectivity index (χ3v) is 4.73. The first-order valence-electron chi connectivity index (χ1n) is 8.51. The van der Waals surface area contributed by atoms with Crippen molar-refractivity contribution in [2.24, 2.45) is 5.73 Å². The van der Waals surface area contributed by atoms with E-state index in [1.165, 1.54) is 24.9 Å². The first-order valence-corrected chi connectivity index (χ1v) is 9.66. The highest BCUT2D eigenvalue weighted by Gasteiger charge is 2.20. The summed E-state index contributed by atoms with van der Waals surface area (Å²) in [5.41, 5.74) is 11.3. The molecule has 4 N–H and O–H groups in total. The second-order valence-corrected chi connectivity index (χ2v) is 6.86. The predicted molar refractivity (Wildman–Crippen MR) is 114 cm³/mol. The normalized spacial score (nSPS) is 13.3. The number of carbonyl (C=O) groups excluding carboxylic acids is 1. The van der Waals surface area contributed by atoms with Crippen LogP contribution in [0.2, 0.25) is 5.15 Å². The Hall–Kier alpha value is -2.38. The summed E-state index contributed by atoms with van der Waals surface area (Å²) in [6, 6.07) is 11.3. The molecule has 0 saturated carbocycles. The second kappa shape index (κ2) is 12.9. The number of halogens is 1. The van der Waals surface area contributed by atoms with E-state index in [1.54, 1.807) is 11.9 Å². The van der Waals surface area contributed by atoms with E-state index in [2.05, 4.69) is 20.0 Å². The van der Waals surface area contributed by atoms with Crippen molar-refractivity contribution >= 4 is 41.5 Å². The van der Waals surface area contributed by atoms with Gasteiger partial charge in [-0.1, -0.05) is 11.6 Å². The molecule has 1 saturated heterocycles. The van der Waals surface area contributed by atoms with Crippen molar-refractivity contribution in [2.75, 3.05) is 43.9 Å². The van der Waals surface area contributed by atoms with Gasteiger partial charge in [0.15, 0.2) is 0 Å². The van der Waals surface area contributed by atoms with Gasteiger partial charge < -0.3 is 21.2 Å². The van der Waals surface area contributed by atoms with E-state index in [9.17, 15) is 0 Å². The minimum absolute atomic E-state index is 0.290. The molecule has 150 valence electrons. The van der Waals surface area contributed by atoms with E-state index >= 15 is 0 Å². The smallest absolute Gasteiger partial charge is 0.228 e. The summed E-state index contributed by atoms with van der Waals surface area (Å²) >= 11 is 7.66. The lowest BCUT2D eigenvalue weighted by Crippen LogP contribution is -2.44. The molecule has 8 nitrogen and oxygen atoms in total. The number of nitriles is 1. The second-order valence-electron chi connectivity index (χ2n) is 5.30. The average molecular weight is 422 g/mol. The van der Waals surface area contributed by atoms with Gasteiger partial charge >= 0.3 is 0 Å². The summed E-state index contributed by atoms with van der Waals surface area (Å²) in [5, 5.41) is 9.27. The van der Waals surface area contributed by atoms with Crippen LogP contribution in [0.5, 0.6) is 0 Å². The average Bonchev–Trinajstić information content (AvgIpc) is 2.72. The first-order chi connectivity index (χ1) is 13.5. The van der Waals surface area contributed by atoms with Crippen molar-refractivity contribution in [3.05, 3.63) is 41.2 Å². The zero-order valence-corrected chi connectivity index (χ0v) is 17.5. The van der Waals surface area contributed by atoms with Crippen LogP contribution >= 0.6 is 23.5 Å². The number of carbonyl (C=O) groups is 1. The SMILES string of the molecule is CC=O.CN.N#Cc1cc(Cl)nc(N2CCN(Sc3ccc(N)cc3)CC2)n1. The Labute approximate surface area is 174 Å². The van der Waals surface area contributed by atoms with Crippen LogP contribution in [0.3, 0.4) is 0 Å². The third kappa shape index (κ3) is 7.70. The van der Waals surface area contributed by atoms with Gasteiger partial charge in [0, 0.05) is 42.8 Å². The lowest BCUT2D eigenvalue weighted by atomic mass is 10.3. The predicted octanol–water partition coefficient (Wildman–Crippen LogP) is 2.19. The third-order valence-electron chi connectivity index (χ3n) is 3.43. The minimum atomic E-state index is 0.290. The number of aldehydes is 1. The van der Waals surface area contributed by atoms with E-state index in [0.717, 1.165) is 38.2 Å². The lowest BCUT2D eigenvalue weighted by molar-refractivity contribution is -0.106. The maximum absolute atomic E-state index is 8.97. The van der Waals surface area contributed by atoms with Crippen molar-refractivity contribution in [1.82, 2.24) is 14.3 Å². The van der Waals surface area contributed by atoms with E-state index in [0.29, 0.717) is 16.8 Å². The number of piperazine rings is 1. The van der Waals surface area contributed by atoms with Crippen LogP contribution in [-0.4, -0.2) is 53.8 Å². The molecule has 2 aromatic rings. The number of anilines is 2. The maximum atomic E-state index is 8.97. The highest BCUT2D eigenvalue weighted by Crippen LogP contribution is 2.25. The number of aromatic nitrogens is 2. The molecule has 0 spiro atoms. The Kier molecular flexibility index (Phi) is 10.9. The number of benzene rings is 1. The largest absolute Gasteiger partial charge is 0.399 e. The van der Waals surface area contributed by atoms with Gasteiger partial charge in [0.1, 0.15) is 23.2 Å². The van der Waals surface area contributed by atoms with Crippen LogP contribution in [0.4, 0.5) is 11.6 Å². The van der Waals surface area contributed by atoms with Crippen LogP contribution < -0.4 is 16.4 Å². The van der Waals surface area contributed by atoms with Gasteiger partial charge in [-0.3, -0.25) is 0 Å². The Balaban J connectivity index is 0.000000717. The van der Waals surface area contributed by atoms with E-state index < -0.39 is 0 Å². The van der Waals surface area contributed by atoms with Crippen molar-refractivity contribution in [3.8, 4) is 6.07 Å². The zero-order chi connectivity index (χ0) is 20.9. The molecule has 1 fully saturated rings. The summed E-state index contributed by atoms with van der Waals surface area (Å²) in [5.74, 6) is 0.520. The summed E-state index contributed by atoms with van der Waals surface area (Å²) < 4.78 is 2.29. The summed E-state index contributed by atoms with van der Waals surface area (Å²) in [6.07, 6.45) is 0.750. The topological polar surface area (TPSA) is 125 Å². The Bertz CT molecular complexity index is 774. The van der Waals surface area contributed by atoms with Crippen LogP contribution in [0.15, 0.2) is 35.2 Å². The van der Waals surface area contributed by atoms with Gasteiger partial charge in [0.2, 0.25) is 5.95 Å². The molecule has 28 heavy (non-hydrogen) atoms. The van der Waals surface area contributed by atoms with E-state index in [1.807, 2.05) is 35.2 Å². The van der Waals surface area contributed by atoms with Crippen molar-refractivity contribution in [3.63, 3.8) is 0 Å². The van der Waals surface area contributed by atoms with Gasteiger partial charge in [-0.15, -0.1) is 0 Å². The molecule has 0 radical (unpaired) electrons. The van der Waals surface area contributed by atoms with Crippen molar-refractivity contribution < 1.29 is 4.79 Å². The number of nitrogen functional groups attached to an aromatic ring is 1. The first kappa shape index (κ1) is 23.7. The lowest BCUT2D eigenvalue weighted by Gasteiger charge is -2.33. The molecule has 0 unspecified atom stereocenters. The Morgan fingerprint density at radius 2 is 1.75 bits per heavy atom. The molecule has 2 heterocycles. The van der Waals surface area contributed by atoms with Crippen LogP contribution in [0.1, 0.15) is 12.6 Å². The number of hydrogen-bond acceptors (Lipinski definition) is 9. The maximum Gasteiger partial charge on any atom is 0.228 e. The van der Waals surface area contributed by atoms with Crippen LogP contribution in [0.25, 0.3) is 0 Å². The van der Waals surface area contributed by atoms with Gasteiger partial charge in [-0.25, -0.2) is 14.3 Å². The van der Waals surface area contributed by atoms with Crippen molar-refractivity contribution in [1.29, 1.82) is 5.26 Å². The van der Waals surface area contributed by atoms with Gasteiger partial charge in [-0.2, -0.15) is 5.26 Å². The quantitative estimate of drug-likeness (QED) is 0.332. The number of nitrogens with two attached hydrogens (primary N) is 2. The fourth-order valence-corrected chi connectivity index (χ4v) is 3.34. The molecule has 0 amide bonds. The molecule has 0 aliphatic carbocycles. The Morgan fingerprint density at radius 3 is 2.29 bits per heavy atom. The van der Waals surface area contributed by atoms with E-state index in [4.69, 9.17) is 27.4 Å². The molecule has 1 aliphatic rings. The van der Waals surface area contributed by atoms with Crippen LogP contribution in [-0.2, 0) is 4.79 Å². The molecule has 1 aromatic carbocycles. The molecule has 3 rings (SSSR count). The number of rotatable bonds is 3. The molecular formula is C18H24ClN7OS. The standard InChI is InChI=1S/C15H15ClN6S.C2H4O.CH5N/c16-14-9-12(10-17)19-15(20-14)21-5-7-22(8-6-21)23-13-3-1-11(18)2-4-13;1-2-3;1-2/h1-4,9H,5-8,18H2;2H,1H3;2H2,1H3. The van der Waals surface area contributed by atoms with Gasteiger partial charge in [-0.05, 0) is 50.2 Å². The molecule has 1 aromatic heterocycles. The van der Waals surface area contributed by atoms with Crippen molar-refractivity contribution in [2.45, 2.75) is 11.8 Å². The van der Waals surface area contributed by atoms with Gasteiger partial charge in [0.05, 0.1) is 0 Å². The fraction of sp³-hybridized carbons (Fsp3) is 0.333. The summed E-state index contributed by atoms with van der Waals surface area (Å²) in [6.45, 7) is 4.75. The minimum Gasteiger partial charge on any atom is -0.399 e. The number of nitrogens with zero attached hydrogens (tertiary/aromatic N) is 5. The highest BCUT2D eigenvalue weighted by molar-refractivity contribution is 7.97. The summed E-state index contributed by atoms with van der Waals surface area (Å²) in [4.78, 5) is 20.5. The molecule has 1 aliphatic heterocycles. The van der Waals surface area contributed by atoms with E-state index in [-0.39, 0.29) is 0 Å². The van der Waals surface area contributed by atoms with Gasteiger partial charge in [0.25, 0.3) is 0 Å². The zero-order valence-electron chi connectivity index (χ0n) is 15.9. The molecule has 0 atom stereocenters. The fourth-order valence-electron chi connectivity index (χ4n) is 2.26. The Morgan fingerprint density at radius 1 is 1.18 bits per heavy atom. The number of hydrogen-bond donors (Lipinski definition) is 2. The molecule has 0 bridgehead atoms. The molecule has 10 heteroatoms. The molecular weight excluding hydrogens is 398 g/mol.